The first-order chi connectivity index (χ1) is 9.58. The van der Waals surface area contributed by atoms with Crippen LogP contribution in [0.5, 0.6) is 0 Å². The number of benzene rings is 1. The van der Waals surface area contributed by atoms with Crippen molar-refractivity contribution in [2.24, 2.45) is 11.1 Å². The van der Waals surface area contributed by atoms with E-state index in [0.29, 0.717) is 11.3 Å². The molecule has 0 heterocycles. The van der Waals surface area contributed by atoms with Crippen molar-refractivity contribution in [2.45, 2.75) is 46.6 Å². The van der Waals surface area contributed by atoms with E-state index in [2.05, 4.69) is 26.1 Å². The van der Waals surface area contributed by atoms with Gasteiger partial charge in [-0.1, -0.05) is 26.8 Å². The minimum absolute atomic E-state index is 0.0695. The van der Waals surface area contributed by atoms with Crippen molar-refractivity contribution in [1.29, 1.82) is 0 Å². The lowest BCUT2D eigenvalue weighted by molar-refractivity contribution is -0.116. The first-order valence-corrected chi connectivity index (χ1v) is 6.98. The van der Waals surface area contributed by atoms with Gasteiger partial charge >= 0.3 is 5.97 Å². The molecule has 0 aliphatic rings. The van der Waals surface area contributed by atoms with Crippen LogP contribution >= 0.6 is 0 Å². The molecule has 4 N–H and O–H groups in total. The summed E-state index contributed by atoms with van der Waals surface area (Å²) in [4.78, 5) is 23.0. The lowest BCUT2D eigenvalue weighted by Crippen LogP contribution is -2.31. The topological polar surface area (TPSA) is 92.4 Å². The fourth-order valence-electron chi connectivity index (χ4n) is 2.24. The molecule has 1 rings (SSSR count). The number of aryl methyl sites for hydroxylation is 1. The van der Waals surface area contributed by atoms with E-state index in [4.69, 9.17) is 10.8 Å². The maximum Gasteiger partial charge on any atom is 0.336 e. The Morgan fingerprint density at radius 3 is 2.48 bits per heavy atom. The summed E-state index contributed by atoms with van der Waals surface area (Å²) in [5, 5.41) is 11.8. The number of hydrogen-bond acceptors (Lipinski definition) is 3. The Labute approximate surface area is 125 Å². The summed E-state index contributed by atoms with van der Waals surface area (Å²) in [6.07, 6.45) is 0.961. The van der Waals surface area contributed by atoms with E-state index >= 15 is 0 Å². The number of carbonyl (C=O) groups is 2. The van der Waals surface area contributed by atoms with Gasteiger partial charge in [0, 0.05) is 18.2 Å². The molecule has 21 heavy (non-hydrogen) atoms. The van der Waals surface area contributed by atoms with Crippen LogP contribution in [0.4, 0.5) is 5.69 Å². The van der Waals surface area contributed by atoms with Gasteiger partial charge in [0.2, 0.25) is 5.91 Å². The van der Waals surface area contributed by atoms with Crippen LogP contribution in [0.1, 0.15) is 49.5 Å². The molecule has 0 radical (unpaired) electrons. The minimum atomic E-state index is -1.01. The molecule has 0 saturated carbocycles. The molecule has 0 aliphatic heterocycles. The summed E-state index contributed by atoms with van der Waals surface area (Å²) in [5.41, 5.74) is 7.35. The normalized spacial score (nSPS) is 12.8. The van der Waals surface area contributed by atoms with E-state index < -0.39 is 5.97 Å². The maximum atomic E-state index is 11.9. The molecule has 1 unspecified atom stereocenters. The summed E-state index contributed by atoms with van der Waals surface area (Å²) in [6, 6.07) is 4.61. The van der Waals surface area contributed by atoms with Gasteiger partial charge in [0.1, 0.15) is 0 Å². The number of nitrogens with two attached hydrogens (primary N) is 1. The van der Waals surface area contributed by atoms with Crippen molar-refractivity contribution in [3.05, 3.63) is 29.3 Å². The van der Waals surface area contributed by atoms with Crippen LogP contribution in [-0.2, 0) is 4.79 Å². The second kappa shape index (κ2) is 6.72. The molecule has 1 aromatic rings. The van der Waals surface area contributed by atoms with Gasteiger partial charge in [0.05, 0.1) is 5.56 Å². The number of aromatic carboxylic acids is 1. The number of amides is 1. The van der Waals surface area contributed by atoms with Crippen molar-refractivity contribution in [2.75, 3.05) is 5.32 Å². The van der Waals surface area contributed by atoms with E-state index in [-0.39, 0.29) is 29.3 Å². The third-order valence-corrected chi connectivity index (χ3v) is 3.07. The van der Waals surface area contributed by atoms with E-state index in [1.165, 1.54) is 6.07 Å². The Balaban J connectivity index is 2.67. The van der Waals surface area contributed by atoms with Crippen LogP contribution < -0.4 is 11.1 Å². The molecule has 1 atom stereocenters. The van der Waals surface area contributed by atoms with Crippen molar-refractivity contribution in [3.8, 4) is 0 Å². The smallest absolute Gasteiger partial charge is 0.336 e. The highest BCUT2D eigenvalue weighted by Gasteiger charge is 2.18. The van der Waals surface area contributed by atoms with Crippen LogP contribution in [0.2, 0.25) is 0 Å². The number of anilines is 1. The molecule has 0 spiro atoms. The zero-order chi connectivity index (χ0) is 16.2. The Morgan fingerprint density at radius 2 is 1.95 bits per heavy atom. The van der Waals surface area contributed by atoms with Gasteiger partial charge in [-0.2, -0.15) is 0 Å². The third-order valence-electron chi connectivity index (χ3n) is 3.07. The second-order valence-electron chi connectivity index (χ2n) is 6.61. The van der Waals surface area contributed by atoms with Gasteiger partial charge in [-0.3, -0.25) is 4.79 Å². The molecule has 0 bridgehead atoms. The van der Waals surface area contributed by atoms with Crippen LogP contribution in [0.15, 0.2) is 18.2 Å². The highest BCUT2D eigenvalue weighted by molar-refractivity contribution is 5.94. The van der Waals surface area contributed by atoms with Crippen LogP contribution in [0.25, 0.3) is 0 Å². The van der Waals surface area contributed by atoms with E-state index in [9.17, 15) is 9.59 Å². The quantitative estimate of drug-likeness (QED) is 0.778. The maximum absolute atomic E-state index is 11.9. The average Bonchev–Trinajstić information content (AvgIpc) is 2.28. The highest BCUT2D eigenvalue weighted by Crippen LogP contribution is 2.21. The molecule has 5 nitrogen and oxygen atoms in total. The van der Waals surface area contributed by atoms with Crippen LogP contribution in [0.3, 0.4) is 0 Å². The minimum Gasteiger partial charge on any atom is -0.478 e. The Hall–Kier alpha value is -1.88. The van der Waals surface area contributed by atoms with Crippen molar-refractivity contribution in [3.63, 3.8) is 0 Å². The molecule has 5 heteroatoms. The van der Waals surface area contributed by atoms with Gasteiger partial charge < -0.3 is 16.2 Å². The van der Waals surface area contributed by atoms with E-state index in [1.807, 2.05) is 0 Å². The van der Waals surface area contributed by atoms with Crippen molar-refractivity contribution >= 4 is 17.6 Å². The first-order valence-electron chi connectivity index (χ1n) is 6.98. The molecule has 1 amide bonds. The molecule has 0 saturated heterocycles. The van der Waals surface area contributed by atoms with Crippen LogP contribution in [0, 0.1) is 12.3 Å². The monoisotopic (exact) mass is 292 g/mol. The van der Waals surface area contributed by atoms with Gasteiger partial charge in [-0.05, 0) is 36.5 Å². The SMILES string of the molecule is Cc1ccc(NC(=O)CC(N)CC(C)(C)C)cc1C(=O)O. The molecule has 0 fully saturated rings. The number of nitrogens with one attached hydrogen (secondary N) is 1. The fraction of sp³-hybridized carbons (Fsp3) is 0.500. The molecular weight excluding hydrogens is 268 g/mol. The zero-order valence-electron chi connectivity index (χ0n) is 13.1. The van der Waals surface area contributed by atoms with Gasteiger partial charge in [0.25, 0.3) is 0 Å². The largest absolute Gasteiger partial charge is 0.478 e. The molecule has 0 aliphatic carbocycles. The summed E-state index contributed by atoms with van der Waals surface area (Å²) >= 11 is 0. The Bertz CT molecular complexity index is 533. The summed E-state index contributed by atoms with van der Waals surface area (Å²) < 4.78 is 0. The van der Waals surface area contributed by atoms with Crippen LogP contribution in [-0.4, -0.2) is 23.0 Å². The Kier molecular flexibility index (Phi) is 5.49. The van der Waals surface area contributed by atoms with Gasteiger partial charge in [0.15, 0.2) is 0 Å². The predicted molar refractivity (Wildman–Crippen MR) is 83.4 cm³/mol. The molecule has 0 aromatic heterocycles. The first kappa shape index (κ1) is 17.2. The van der Waals surface area contributed by atoms with E-state index in [1.54, 1.807) is 19.1 Å². The second-order valence-corrected chi connectivity index (χ2v) is 6.61. The highest BCUT2D eigenvalue weighted by atomic mass is 16.4. The lowest BCUT2D eigenvalue weighted by Gasteiger charge is -2.22. The number of rotatable bonds is 5. The summed E-state index contributed by atoms with van der Waals surface area (Å²) in [6.45, 7) is 7.94. The Morgan fingerprint density at radius 1 is 1.33 bits per heavy atom. The number of hydrogen-bond donors (Lipinski definition) is 3. The summed E-state index contributed by atoms with van der Waals surface area (Å²) in [7, 11) is 0. The van der Waals surface area contributed by atoms with Crippen molar-refractivity contribution in [1.82, 2.24) is 0 Å². The standard InChI is InChI=1S/C16H24N2O3/c1-10-5-6-12(8-13(10)15(20)21)18-14(19)7-11(17)9-16(2,3)4/h5-6,8,11H,7,9,17H2,1-4H3,(H,18,19)(H,20,21). The van der Waals surface area contributed by atoms with Gasteiger partial charge in [-0.25, -0.2) is 4.79 Å². The number of carboxylic acid groups (broad SMARTS) is 1. The number of carboxylic acids is 1. The lowest BCUT2D eigenvalue weighted by atomic mass is 9.87. The molecular formula is C16H24N2O3. The zero-order valence-corrected chi connectivity index (χ0v) is 13.1. The number of carbonyl (C=O) groups excluding carboxylic acids is 1. The van der Waals surface area contributed by atoms with E-state index in [0.717, 1.165) is 6.42 Å². The van der Waals surface area contributed by atoms with Crippen molar-refractivity contribution < 1.29 is 14.7 Å². The average molecular weight is 292 g/mol. The molecule has 1 aromatic carbocycles. The molecule has 116 valence electrons. The summed E-state index contributed by atoms with van der Waals surface area (Å²) in [5.74, 6) is -1.21. The fourth-order valence-corrected chi connectivity index (χ4v) is 2.24. The third kappa shape index (κ3) is 5.95. The van der Waals surface area contributed by atoms with Gasteiger partial charge in [-0.15, -0.1) is 0 Å². The predicted octanol–water partition coefficient (Wildman–Crippen LogP) is 2.79.